The van der Waals surface area contributed by atoms with Crippen molar-refractivity contribution in [1.82, 2.24) is 10.6 Å². The molecule has 6 heteroatoms. The molecule has 3 N–H and O–H groups in total. The zero-order chi connectivity index (χ0) is 19.8. The second kappa shape index (κ2) is 10.1. The Balaban J connectivity index is 1.94. The minimum atomic E-state index is -0.305. The van der Waals surface area contributed by atoms with E-state index in [1.54, 1.807) is 24.3 Å². The van der Waals surface area contributed by atoms with Crippen LogP contribution >= 0.6 is 11.6 Å². The van der Waals surface area contributed by atoms with Crippen LogP contribution in [0.4, 0.5) is 5.69 Å². The monoisotopic (exact) mass is 387 g/mol. The molecule has 2 rings (SSSR count). The SMILES string of the molecule is CCC(C)NC(=O)C(C)NCc1cccc(NC(=O)c2ccccc2Cl)c1. The zero-order valence-electron chi connectivity index (χ0n) is 15.9. The topological polar surface area (TPSA) is 70.2 Å². The largest absolute Gasteiger partial charge is 0.352 e. The van der Waals surface area contributed by atoms with Gasteiger partial charge in [-0.25, -0.2) is 0 Å². The molecule has 144 valence electrons. The summed E-state index contributed by atoms with van der Waals surface area (Å²) in [5.41, 5.74) is 2.07. The lowest BCUT2D eigenvalue weighted by atomic mass is 10.1. The first-order chi connectivity index (χ1) is 12.9. The standard InChI is InChI=1S/C21H26ClN3O2/c1-4-14(2)24-20(26)15(3)23-13-16-8-7-9-17(12-16)25-21(27)18-10-5-6-11-19(18)22/h5-12,14-15,23H,4,13H2,1-3H3,(H,24,26)(H,25,27). The predicted molar refractivity (Wildman–Crippen MR) is 110 cm³/mol. The van der Waals surface area contributed by atoms with Crippen LogP contribution in [0.3, 0.4) is 0 Å². The van der Waals surface area contributed by atoms with Crippen LogP contribution in [0.15, 0.2) is 48.5 Å². The molecular formula is C21H26ClN3O2. The number of halogens is 1. The molecule has 0 fully saturated rings. The van der Waals surface area contributed by atoms with E-state index in [1.165, 1.54) is 0 Å². The summed E-state index contributed by atoms with van der Waals surface area (Å²) >= 11 is 6.07. The second-order valence-corrected chi connectivity index (χ2v) is 6.96. The number of hydrogen-bond donors (Lipinski definition) is 3. The Morgan fingerprint density at radius 1 is 1.07 bits per heavy atom. The lowest BCUT2D eigenvalue weighted by molar-refractivity contribution is -0.123. The van der Waals surface area contributed by atoms with Crippen LogP contribution in [0.5, 0.6) is 0 Å². The van der Waals surface area contributed by atoms with Crippen molar-refractivity contribution in [3.63, 3.8) is 0 Å². The van der Waals surface area contributed by atoms with E-state index < -0.39 is 0 Å². The molecule has 27 heavy (non-hydrogen) atoms. The van der Waals surface area contributed by atoms with Gasteiger partial charge in [0.15, 0.2) is 0 Å². The maximum absolute atomic E-state index is 12.4. The summed E-state index contributed by atoms with van der Waals surface area (Å²) in [4.78, 5) is 24.5. The van der Waals surface area contributed by atoms with Gasteiger partial charge in [-0.05, 0) is 50.1 Å². The second-order valence-electron chi connectivity index (χ2n) is 6.55. The highest BCUT2D eigenvalue weighted by Crippen LogP contribution is 2.18. The maximum atomic E-state index is 12.4. The fourth-order valence-corrected chi connectivity index (χ4v) is 2.66. The van der Waals surface area contributed by atoms with Crippen LogP contribution < -0.4 is 16.0 Å². The number of rotatable bonds is 8. The van der Waals surface area contributed by atoms with E-state index in [9.17, 15) is 9.59 Å². The summed E-state index contributed by atoms with van der Waals surface area (Å²) < 4.78 is 0. The van der Waals surface area contributed by atoms with E-state index in [0.717, 1.165) is 12.0 Å². The average molecular weight is 388 g/mol. The Kier molecular flexibility index (Phi) is 7.82. The van der Waals surface area contributed by atoms with E-state index in [4.69, 9.17) is 11.6 Å². The van der Waals surface area contributed by atoms with E-state index in [-0.39, 0.29) is 23.9 Å². The van der Waals surface area contributed by atoms with Crippen LogP contribution in [0.1, 0.15) is 43.1 Å². The maximum Gasteiger partial charge on any atom is 0.257 e. The molecule has 0 bridgehead atoms. The summed E-state index contributed by atoms with van der Waals surface area (Å²) in [7, 11) is 0. The van der Waals surface area contributed by atoms with Gasteiger partial charge in [-0.2, -0.15) is 0 Å². The molecular weight excluding hydrogens is 362 g/mol. The highest BCUT2D eigenvalue weighted by molar-refractivity contribution is 6.34. The van der Waals surface area contributed by atoms with E-state index in [1.807, 2.05) is 45.0 Å². The van der Waals surface area contributed by atoms with E-state index >= 15 is 0 Å². The van der Waals surface area contributed by atoms with Crippen LogP contribution in [-0.2, 0) is 11.3 Å². The highest BCUT2D eigenvalue weighted by atomic mass is 35.5. The van der Waals surface area contributed by atoms with Gasteiger partial charge in [0.25, 0.3) is 5.91 Å². The van der Waals surface area contributed by atoms with Crippen molar-refractivity contribution >= 4 is 29.1 Å². The molecule has 0 aliphatic rings. The van der Waals surface area contributed by atoms with E-state index in [2.05, 4.69) is 16.0 Å². The number of amides is 2. The van der Waals surface area contributed by atoms with Gasteiger partial charge in [-0.15, -0.1) is 0 Å². The number of benzene rings is 2. The van der Waals surface area contributed by atoms with Crippen molar-refractivity contribution in [2.24, 2.45) is 0 Å². The minimum Gasteiger partial charge on any atom is -0.352 e. The Bertz CT molecular complexity index is 795. The van der Waals surface area contributed by atoms with Gasteiger partial charge in [0.2, 0.25) is 5.91 Å². The predicted octanol–water partition coefficient (Wildman–Crippen LogP) is 3.99. The quantitative estimate of drug-likeness (QED) is 0.641. The van der Waals surface area contributed by atoms with Gasteiger partial charge in [0.05, 0.1) is 16.6 Å². The van der Waals surface area contributed by atoms with Crippen molar-refractivity contribution in [1.29, 1.82) is 0 Å². The van der Waals surface area contributed by atoms with Crippen molar-refractivity contribution in [3.05, 3.63) is 64.7 Å². The Morgan fingerprint density at radius 3 is 2.52 bits per heavy atom. The Morgan fingerprint density at radius 2 is 1.81 bits per heavy atom. The van der Waals surface area contributed by atoms with Crippen molar-refractivity contribution in [2.45, 2.75) is 45.8 Å². The first-order valence-corrected chi connectivity index (χ1v) is 9.47. The third-order valence-corrected chi connectivity index (χ3v) is 4.64. The van der Waals surface area contributed by atoms with Gasteiger partial charge >= 0.3 is 0 Å². The molecule has 2 unspecified atom stereocenters. The molecule has 2 amide bonds. The number of carbonyl (C=O) groups is 2. The summed E-state index contributed by atoms with van der Waals surface area (Å²) in [6.45, 7) is 6.37. The number of nitrogens with one attached hydrogen (secondary N) is 3. The van der Waals surface area contributed by atoms with Crippen molar-refractivity contribution in [3.8, 4) is 0 Å². The van der Waals surface area contributed by atoms with Gasteiger partial charge in [0, 0.05) is 18.3 Å². The molecule has 0 radical (unpaired) electrons. The number of hydrogen-bond acceptors (Lipinski definition) is 3. The highest BCUT2D eigenvalue weighted by Gasteiger charge is 2.14. The first-order valence-electron chi connectivity index (χ1n) is 9.09. The molecule has 0 saturated carbocycles. The molecule has 0 spiro atoms. The normalized spacial score (nSPS) is 12.9. The number of carbonyl (C=O) groups excluding carboxylic acids is 2. The smallest absolute Gasteiger partial charge is 0.257 e. The van der Waals surface area contributed by atoms with Gasteiger partial charge in [-0.1, -0.05) is 42.8 Å². The fraction of sp³-hybridized carbons (Fsp3) is 0.333. The number of anilines is 1. The van der Waals surface area contributed by atoms with Gasteiger partial charge in [0.1, 0.15) is 0 Å². The van der Waals surface area contributed by atoms with Crippen molar-refractivity contribution in [2.75, 3.05) is 5.32 Å². The van der Waals surface area contributed by atoms with Crippen molar-refractivity contribution < 1.29 is 9.59 Å². The first kappa shape index (κ1) is 20.9. The molecule has 2 atom stereocenters. The molecule has 0 saturated heterocycles. The molecule has 2 aromatic rings. The lowest BCUT2D eigenvalue weighted by Crippen LogP contribution is -2.45. The Labute approximate surface area is 165 Å². The molecule has 0 heterocycles. The average Bonchev–Trinajstić information content (AvgIpc) is 2.66. The molecule has 0 aliphatic carbocycles. The molecule has 2 aromatic carbocycles. The lowest BCUT2D eigenvalue weighted by Gasteiger charge is -2.17. The van der Waals surface area contributed by atoms with E-state index in [0.29, 0.717) is 22.8 Å². The summed E-state index contributed by atoms with van der Waals surface area (Å²) in [6, 6.07) is 14.3. The van der Waals surface area contributed by atoms with Crippen LogP contribution in [-0.4, -0.2) is 23.9 Å². The van der Waals surface area contributed by atoms with Gasteiger partial charge < -0.3 is 16.0 Å². The summed E-state index contributed by atoms with van der Waals surface area (Å²) in [5, 5.41) is 9.42. The van der Waals surface area contributed by atoms with Crippen LogP contribution in [0.2, 0.25) is 5.02 Å². The van der Waals surface area contributed by atoms with Gasteiger partial charge in [-0.3, -0.25) is 9.59 Å². The third kappa shape index (κ3) is 6.38. The molecule has 0 aliphatic heterocycles. The Hall–Kier alpha value is -2.37. The summed E-state index contributed by atoms with van der Waals surface area (Å²) in [5.74, 6) is -0.278. The zero-order valence-corrected chi connectivity index (χ0v) is 16.6. The fourth-order valence-electron chi connectivity index (χ4n) is 2.44. The van der Waals surface area contributed by atoms with Crippen LogP contribution in [0, 0.1) is 0 Å². The van der Waals surface area contributed by atoms with Crippen LogP contribution in [0.25, 0.3) is 0 Å². The molecule has 5 nitrogen and oxygen atoms in total. The third-order valence-electron chi connectivity index (χ3n) is 4.31. The summed E-state index contributed by atoms with van der Waals surface area (Å²) in [6.07, 6.45) is 0.894. The molecule has 0 aromatic heterocycles. The minimum absolute atomic E-state index is 0.0208.